The van der Waals surface area contributed by atoms with E-state index >= 15 is 0 Å². The summed E-state index contributed by atoms with van der Waals surface area (Å²) in [6, 6.07) is 7.05. The Hall–Kier alpha value is -2.72. The van der Waals surface area contributed by atoms with Gasteiger partial charge in [-0.2, -0.15) is 0 Å². The van der Waals surface area contributed by atoms with Gasteiger partial charge in [0.15, 0.2) is 0 Å². The fourth-order valence-corrected chi connectivity index (χ4v) is 6.38. The molecule has 1 aliphatic heterocycles. The molecule has 0 aromatic heterocycles. The Bertz CT molecular complexity index is 1020. The predicted molar refractivity (Wildman–Crippen MR) is 210 cm³/mol. The van der Waals surface area contributed by atoms with E-state index in [1.54, 1.807) is 24.3 Å². The van der Waals surface area contributed by atoms with Crippen molar-refractivity contribution in [1.29, 1.82) is 0 Å². The van der Waals surface area contributed by atoms with Gasteiger partial charge in [-0.3, -0.25) is 14.4 Å². The molecule has 1 aromatic rings. The molecule has 1 heterocycles. The molecule has 49 heavy (non-hydrogen) atoms. The van der Waals surface area contributed by atoms with E-state index in [1.165, 1.54) is 128 Å². The third-order valence-corrected chi connectivity index (χ3v) is 9.46. The van der Waals surface area contributed by atoms with Crippen LogP contribution in [-0.4, -0.2) is 23.0 Å². The highest BCUT2D eigenvalue weighted by Crippen LogP contribution is 2.26. The Morgan fingerprint density at radius 2 is 0.837 bits per heavy atom. The van der Waals surface area contributed by atoms with Crippen molar-refractivity contribution >= 4 is 11.8 Å². The molecule has 0 fully saturated rings. The molecule has 0 unspecified atom stereocenters. The highest BCUT2D eigenvalue weighted by molar-refractivity contribution is 6.20. The first-order chi connectivity index (χ1) is 24.2. The zero-order valence-corrected chi connectivity index (χ0v) is 31.6. The molecule has 0 atom stereocenters. The summed E-state index contributed by atoms with van der Waals surface area (Å²) in [7, 11) is 0. The summed E-state index contributed by atoms with van der Waals surface area (Å²) in [4.78, 5) is 32.1. The Balaban J connectivity index is 1.61. The molecule has 1 aliphatic rings. The summed E-state index contributed by atoms with van der Waals surface area (Å²) in [6.07, 6.45) is 49.6. The first kappa shape index (κ1) is 42.4. The zero-order chi connectivity index (χ0) is 35.0. The van der Waals surface area contributed by atoms with Crippen LogP contribution in [0.1, 0.15) is 202 Å². The number of rotatable bonds is 32. The first-order valence-corrected chi connectivity index (χ1v) is 20.4. The molecule has 0 bridgehead atoms. The van der Waals surface area contributed by atoms with E-state index in [4.69, 9.17) is 4.84 Å². The number of fused-ring (bicyclic) bond motifs is 1. The largest absolute Gasteiger partial charge is 0.285 e. The van der Waals surface area contributed by atoms with E-state index in [0.717, 1.165) is 43.6 Å². The second-order valence-corrected chi connectivity index (χ2v) is 13.9. The maximum absolute atomic E-state index is 13.0. The Kier molecular flexibility index (Phi) is 26.1. The van der Waals surface area contributed by atoms with Gasteiger partial charge >= 0.3 is 0 Å². The lowest BCUT2D eigenvalue weighted by Crippen LogP contribution is -2.34. The number of benzene rings is 1. The number of nitrogens with zero attached hydrogens (tertiary/aromatic N) is 1. The van der Waals surface area contributed by atoms with Gasteiger partial charge in [0.1, 0.15) is 0 Å². The van der Waals surface area contributed by atoms with Gasteiger partial charge < -0.3 is 0 Å². The fourth-order valence-electron chi connectivity index (χ4n) is 6.38. The molecule has 1 aromatic carbocycles. The van der Waals surface area contributed by atoms with E-state index in [9.17, 15) is 9.59 Å². The summed E-state index contributed by atoms with van der Waals surface area (Å²) in [5, 5.41) is 1.04. The van der Waals surface area contributed by atoms with Crippen molar-refractivity contribution in [3.05, 3.63) is 84.0 Å². The minimum atomic E-state index is -0.320. The number of carbonyl (C=O) groups excluding carboxylic acids is 2. The van der Waals surface area contributed by atoms with E-state index in [1.807, 2.05) is 0 Å². The van der Waals surface area contributed by atoms with E-state index in [-0.39, 0.29) is 17.9 Å². The van der Waals surface area contributed by atoms with Gasteiger partial charge in [0.2, 0.25) is 0 Å². The monoisotopic (exact) mass is 674 g/mol. The van der Waals surface area contributed by atoms with E-state index in [0.29, 0.717) is 11.1 Å². The molecular formula is C45H71NO3. The molecule has 4 nitrogen and oxygen atoms in total. The van der Waals surface area contributed by atoms with Crippen molar-refractivity contribution in [2.24, 2.45) is 0 Å². The second kappa shape index (κ2) is 30.1. The highest BCUT2D eigenvalue weighted by atomic mass is 16.7. The Labute approximate surface area is 301 Å². The minimum Gasteiger partial charge on any atom is -0.266 e. The molecule has 0 saturated heterocycles. The van der Waals surface area contributed by atoms with Crippen LogP contribution in [-0.2, 0) is 4.84 Å². The molecule has 274 valence electrons. The molecule has 4 heteroatoms. The summed E-state index contributed by atoms with van der Waals surface area (Å²) < 4.78 is 0. The summed E-state index contributed by atoms with van der Waals surface area (Å²) in [5.41, 5.74) is 0.905. The predicted octanol–water partition coefficient (Wildman–Crippen LogP) is 14.0. The molecule has 0 saturated carbocycles. The van der Waals surface area contributed by atoms with Gasteiger partial charge in [-0.05, 0) is 89.2 Å². The van der Waals surface area contributed by atoms with Gasteiger partial charge in [-0.25, -0.2) is 0 Å². The number of imide groups is 1. The van der Waals surface area contributed by atoms with E-state index < -0.39 is 0 Å². The molecule has 0 spiro atoms. The smallest absolute Gasteiger partial charge is 0.266 e. The second-order valence-electron chi connectivity index (χ2n) is 13.9. The molecule has 0 N–H and O–H groups in total. The van der Waals surface area contributed by atoms with Gasteiger partial charge in [0.05, 0.1) is 17.2 Å². The summed E-state index contributed by atoms with van der Waals surface area (Å²) in [5.74, 6) is -0.639. The molecule has 0 radical (unpaired) electrons. The standard InChI is InChI=1S/C45H71NO3/c1-3-5-7-9-11-13-15-17-19-21-23-25-27-29-31-33-37-41(49-46-44(47)42-39-35-36-40-43(42)45(46)48)38-34-32-30-28-26-24-22-20-18-16-14-12-10-8-6-4-2/h11-14,17-20,35-36,39-41H,3-10,15-16,21-34,37-38H2,1-2H3. The molecule has 2 rings (SSSR count). The van der Waals surface area contributed by atoms with Crippen molar-refractivity contribution in [3.8, 4) is 0 Å². The number of hydroxylamine groups is 2. The summed E-state index contributed by atoms with van der Waals surface area (Å²) >= 11 is 0. The number of allylic oxidation sites excluding steroid dienone is 8. The third kappa shape index (κ3) is 20.5. The number of carbonyl (C=O) groups is 2. The number of unbranched alkanes of at least 4 members (excludes halogenated alkanes) is 18. The quantitative estimate of drug-likeness (QED) is 0.0434. The van der Waals surface area contributed by atoms with Crippen LogP contribution in [0.3, 0.4) is 0 Å². The van der Waals surface area contributed by atoms with Crippen LogP contribution in [0.25, 0.3) is 0 Å². The molecule has 2 amide bonds. The van der Waals surface area contributed by atoms with Gasteiger partial charge in [-0.15, -0.1) is 5.06 Å². The first-order valence-electron chi connectivity index (χ1n) is 20.4. The van der Waals surface area contributed by atoms with Crippen LogP contribution in [0.2, 0.25) is 0 Å². The third-order valence-electron chi connectivity index (χ3n) is 9.46. The number of hydrogen-bond donors (Lipinski definition) is 0. The average molecular weight is 674 g/mol. The SMILES string of the molecule is CCCCCC=CCC=CCCCCCCCCC(CCCCCCCCC=CCC=CCCCCC)ON1C(=O)c2ccccc2C1=O. The lowest BCUT2D eigenvalue weighted by Gasteiger charge is -2.22. The van der Waals surface area contributed by atoms with Crippen LogP contribution < -0.4 is 0 Å². The maximum Gasteiger partial charge on any atom is 0.285 e. The van der Waals surface area contributed by atoms with Gasteiger partial charge in [0, 0.05) is 0 Å². The molecular weight excluding hydrogens is 602 g/mol. The Morgan fingerprint density at radius 1 is 0.490 bits per heavy atom. The van der Waals surface area contributed by atoms with Crippen molar-refractivity contribution in [2.45, 2.75) is 187 Å². The van der Waals surface area contributed by atoms with Crippen LogP contribution in [0.15, 0.2) is 72.9 Å². The van der Waals surface area contributed by atoms with Crippen LogP contribution in [0, 0.1) is 0 Å². The average Bonchev–Trinajstić information content (AvgIpc) is 3.35. The van der Waals surface area contributed by atoms with Crippen molar-refractivity contribution in [1.82, 2.24) is 5.06 Å². The number of amides is 2. The normalized spacial score (nSPS) is 14.1. The van der Waals surface area contributed by atoms with Crippen LogP contribution in [0.4, 0.5) is 0 Å². The van der Waals surface area contributed by atoms with E-state index in [2.05, 4.69) is 62.5 Å². The van der Waals surface area contributed by atoms with Gasteiger partial charge in [-0.1, -0.05) is 164 Å². The minimum absolute atomic E-state index is 0.0983. The topological polar surface area (TPSA) is 46.6 Å². The van der Waals surface area contributed by atoms with Crippen LogP contribution in [0.5, 0.6) is 0 Å². The highest BCUT2D eigenvalue weighted by Gasteiger charge is 2.37. The zero-order valence-electron chi connectivity index (χ0n) is 31.6. The van der Waals surface area contributed by atoms with Crippen molar-refractivity contribution in [2.75, 3.05) is 0 Å². The Morgan fingerprint density at radius 3 is 1.22 bits per heavy atom. The lowest BCUT2D eigenvalue weighted by molar-refractivity contribution is -0.137. The fraction of sp³-hybridized carbons (Fsp3) is 0.644. The summed E-state index contributed by atoms with van der Waals surface area (Å²) in [6.45, 7) is 4.50. The van der Waals surface area contributed by atoms with Crippen molar-refractivity contribution in [3.63, 3.8) is 0 Å². The molecule has 0 aliphatic carbocycles. The number of hydrogen-bond acceptors (Lipinski definition) is 3. The maximum atomic E-state index is 13.0. The van der Waals surface area contributed by atoms with Gasteiger partial charge in [0.25, 0.3) is 11.8 Å². The lowest BCUT2D eigenvalue weighted by atomic mass is 10.0. The van der Waals surface area contributed by atoms with Crippen molar-refractivity contribution < 1.29 is 14.4 Å². The van der Waals surface area contributed by atoms with Crippen LogP contribution >= 0.6 is 0 Å².